The fraction of sp³-hybridized carbons (Fsp3) is 0.182. The predicted octanol–water partition coefficient (Wildman–Crippen LogP) is 2.84. The number of thioether (sulfide) groups is 1. The Labute approximate surface area is 187 Å². The highest BCUT2D eigenvalue weighted by Gasteiger charge is 2.34. The van der Waals surface area contributed by atoms with Crippen LogP contribution in [0.1, 0.15) is 21.6 Å². The topological polar surface area (TPSA) is 102 Å². The summed E-state index contributed by atoms with van der Waals surface area (Å²) in [5, 5.41) is 2.34. The molecule has 3 aromatic rings. The number of benzene rings is 1. The molecule has 9 nitrogen and oxygen atoms in total. The van der Waals surface area contributed by atoms with Gasteiger partial charge >= 0.3 is 0 Å². The Balaban J connectivity index is 1.21. The molecule has 2 aliphatic heterocycles. The van der Waals surface area contributed by atoms with Gasteiger partial charge in [-0.25, -0.2) is 4.98 Å². The van der Waals surface area contributed by atoms with Crippen molar-refractivity contribution < 1.29 is 23.9 Å². The molecule has 1 saturated heterocycles. The van der Waals surface area contributed by atoms with Crippen molar-refractivity contribution in [2.45, 2.75) is 6.92 Å². The molecule has 3 amide bonds. The zero-order chi connectivity index (χ0) is 22.2. The lowest BCUT2D eigenvalue weighted by atomic mass is 10.2. The summed E-state index contributed by atoms with van der Waals surface area (Å²) in [5.74, 6) is 0.485. The maximum atomic E-state index is 12.7. The van der Waals surface area contributed by atoms with Crippen LogP contribution < -0.4 is 14.8 Å². The molecule has 1 N–H and O–H groups in total. The number of carbonyl (C=O) groups excluding carboxylic acids is 3. The van der Waals surface area contributed by atoms with E-state index in [9.17, 15) is 14.4 Å². The van der Waals surface area contributed by atoms with Crippen LogP contribution in [0.4, 0.5) is 4.79 Å². The Morgan fingerprint density at radius 2 is 2.06 bits per heavy atom. The van der Waals surface area contributed by atoms with E-state index < -0.39 is 5.91 Å². The highest BCUT2D eigenvalue weighted by molar-refractivity contribution is 8.18. The van der Waals surface area contributed by atoms with Gasteiger partial charge in [0.15, 0.2) is 11.5 Å². The number of ether oxygens (including phenoxy) is 2. The zero-order valence-corrected chi connectivity index (χ0v) is 17.8. The standard InChI is InChI=1S/C22H18N4O5S/c1-13-4-6-25-11-15(24-19(25)8-13)20(27)23-5-7-26-21(28)18(32-22(26)29)10-14-2-3-16-17(9-14)31-12-30-16/h2-4,6,8-11H,5,7,12H2,1H3,(H,23,27)/b18-10-. The number of hydrogen-bond donors (Lipinski definition) is 1. The summed E-state index contributed by atoms with van der Waals surface area (Å²) in [6.45, 7) is 2.31. The lowest BCUT2D eigenvalue weighted by Crippen LogP contribution is -2.37. The van der Waals surface area contributed by atoms with Gasteiger partial charge < -0.3 is 19.2 Å². The fourth-order valence-electron chi connectivity index (χ4n) is 3.41. The second-order valence-electron chi connectivity index (χ2n) is 7.30. The number of nitrogens with one attached hydrogen (secondary N) is 1. The molecular formula is C22H18N4O5S. The monoisotopic (exact) mass is 450 g/mol. The van der Waals surface area contributed by atoms with Crippen molar-refractivity contribution in [2.24, 2.45) is 0 Å². The minimum Gasteiger partial charge on any atom is -0.454 e. The van der Waals surface area contributed by atoms with Crippen LogP contribution in [0.2, 0.25) is 0 Å². The molecule has 32 heavy (non-hydrogen) atoms. The number of rotatable bonds is 5. The summed E-state index contributed by atoms with van der Waals surface area (Å²) in [5.41, 5.74) is 2.72. The maximum Gasteiger partial charge on any atom is 0.293 e. The summed E-state index contributed by atoms with van der Waals surface area (Å²) < 4.78 is 12.4. The second kappa shape index (κ2) is 8.04. The lowest BCUT2D eigenvalue weighted by molar-refractivity contribution is -0.122. The Kier molecular flexibility index (Phi) is 5.06. The first-order valence-corrected chi connectivity index (χ1v) is 10.7. The first kappa shape index (κ1) is 20.1. The molecule has 4 heterocycles. The summed E-state index contributed by atoms with van der Waals surface area (Å²) in [4.78, 5) is 43.2. The molecule has 0 bridgehead atoms. The number of fused-ring (bicyclic) bond motifs is 2. The molecule has 2 aromatic heterocycles. The van der Waals surface area contributed by atoms with E-state index in [0.29, 0.717) is 22.1 Å². The van der Waals surface area contributed by atoms with E-state index in [1.807, 2.05) is 25.3 Å². The normalized spacial score (nSPS) is 16.4. The molecule has 0 atom stereocenters. The SMILES string of the molecule is Cc1ccn2cc(C(=O)NCCN3C(=O)S/C(=C\c4ccc5c(c4)OCO5)C3=O)nc2c1. The van der Waals surface area contributed by atoms with Gasteiger partial charge in [-0.15, -0.1) is 0 Å². The number of aromatic nitrogens is 2. The number of nitrogens with zero attached hydrogens (tertiary/aromatic N) is 3. The smallest absolute Gasteiger partial charge is 0.293 e. The van der Waals surface area contributed by atoms with Crippen molar-refractivity contribution in [1.29, 1.82) is 0 Å². The highest BCUT2D eigenvalue weighted by atomic mass is 32.2. The molecule has 0 aliphatic carbocycles. The molecule has 0 spiro atoms. The zero-order valence-electron chi connectivity index (χ0n) is 17.0. The molecule has 0 saturated carbocycles. The van der Waals surface area contributed by atoms with Crippen molar-refractivity contribution >= 4 is 40.5 Å². The minimum absolute atomic E-state index is 0.0708. The third-order valence-corrected chi connectivity index (χ3v) is 5.94. The van der Waals surface area contributed by atoms with Crippen molar-refractivity contribution in [3.05, 3.63) is 64.5 Å². The van der Waals surface area contributed by atoms with Crippen LogP contribution in [0.3, 0.4) is 0 Å². The first-order chi connectivity index (χ1) is 15.5. The van der Waals surface area contributed by atoms with E-state index in [-0.39, 0.29) is 36.7 Å². The van der Waals surface area contributed by atoms with Crippen LogP contribution in [0.25, 0.3) is 11.7 Å². The molecule has 0 radical (unpaired) electrons. The Bertz CT molecular complexity index is 1300. The van der Waals surface area contributed by atoms with Gasteiger partial charge in [-0.3, -0.25) is 19.3 Å². The van der Waals surface area contributed by atoms with Crippen LogP contribution in [-0.4, -0.2) is 51.2 Å². The largest absolute Gasteiger partial charge is 0.454 e. The van der Waals surface area contributed by atoms with Crippen LogP contribution >= 0.6 is 11.8 Å². The van der Waals surface area contributed by atoms with Crippen LogP contribution in [0.5, 0.6) is 11.5 Å². The lowest BCUT2D eigenvalue weighted by Gasteiger charge is -2.12. The summed E-state index contributed by atoms with van der Waals surface area (Å²) in [6, 6.07) is 9.11. The van der Waals surface area contributed by atoms with Crippen molar-refractivity contribution in [3.63, 3.8) is 0 Å². The van der Waals surface area contributed by atoms with Gasteiger partial charge in [-0.05, 0) is 60.2 Å². The van der Waals surface area contributed by atoms with Gasteiger partial charge in [-0.2, -0.15) is 0 Å². The fourth-order valence-corrected chi connectivity index (χ4v) is 4.28. The number of amides is 3. The van der Waals surface area contributed by atoms with Crippen molar-refractivity contribution in [2.75, 3.05) is 19.9 Å². The number of pyridine rings is 1. The van der Waals surface area contributed by atoms with Gasteiger partial charge in [-0.1, -0.05) is 6.07 Å². The van der Waals surface area contributed by atoms with E-state index in [1.165, 1.54) is 0 Å². The van der Waals surface area contributed by atoms with Crippen LogP contribution in [0, 0.1) is 6.92 Å². The maximum absolute atomic E-state index is 12.7. The summed E-state index contributed by atoms with van der Waals surface area (Å²) in [7, 11) is 0. The minimum atomic E-state index is -0.393. The predicted molar refractivity (Wildman–Crippen MR) is 118 cm³/mol. The van der Waals surface area contributed by atoms with E-state index in [4.69, 9.17) is 9.47 Å². The van der Waals surface area contributed by atoms with E-state index in [0.717, 1.165) is 27.8 Å². The number of imide groups is 1. The Hall–Kier alpha value is -3.79. The molecule has 5 rings (SSSR count). The molecular weight excluding hydrogens is 432 g/mol. The number of carbonyl (C=O) groups is 3. The molecule has 2 aliphatic rings. The average molecular weight is 450 g/mol. The molecule has 0 unspecified atom stereocenters. The summed E-state index contributed by atoms with van der Waals surface area (Å²) >= 11 is 0.868. The van der Waals surface area contributed by atoms with Gasteiger partial charge in [0.1, 0.15) is 11.3 Å². The Morgan fingerprint density at radius 3 is 2.94 bits per heavy atom. The average Bonchev–Trinajstić information content (AvgIpc) is 3.47. The number of imidazole rings is 1. The third kappa shape index (κ3) is 3.80. The molecule has 1 fully saturated rings. The molecule has 1 aromatic carbocycles. The quantitative estimate of drug-likeness (QED) is 0.597. The van der Waals surface area contributed by atoms with Gasteiger partial charge in [0.2, 0.25) is 6.79 Å². The first-order valence-electron chi connectivity index (χ1n) is 9.86. The van der Waals surface area contributed by atoms with Gasteiger partial charge in [0.25, 0.3) is 17.1 Å². The van der Waals surface area contributed by atoms with Crippen molar-refractivity contribution in [3.8, 4) is 11.5 Å². The second-order valence-corrected chi connectivity index (χ2v) is 8.29. The molecule has 10 heteroatoms. The van der Waals surface area contributed by atoms with Gasteiger partial charge in [0, 0.05) is 25.5 Å². The van der Waals surface area contributed by atoms with Crippen LogP contribution in [0.15, 0.2) is 47.6 Å². The number of aryl methyl sites for hydroxylation is 1. The van der Waals surface area contributed by atoms with E-state index >= 15 is 0 Å². The third-order valence-electron chi connectivity index (χ3n) is 5.04. The molecule has 162 valence electrons. The number of hydrogen-bond acceptors (Lipinski definition) is 7. The van der Waals surface area contributed by atoms with Gasteiger partial charge in [0.05, 0.1) is 4.91 Å². The van der Waals surface area contributed by atoms with Crippen molar-refractivity contribution in [1.82, 2.24) is 19.6 Å². The van der Waals surface area contributed by atoms with E-state index in [2.05, 4.69) is 10.3 Å². The summed E-state index contributed by atoms with van der Waals surface area (Å²) in [6.07, 6.45) is 5.11. The highest BCUT2D eigenvalue weighted by Crippen LogP contribution is 2.36. The van der Waals surface area contributed by atoms with E-state index in [1.54, 1.807) is 34.9 Å². The Morgan fingerprint density at radius 1 is 1.22 bits per heavy atom. The van der Waals surface area contributed by atoms with Crippen LogP contribution in [-0.2, 0) is 4.79 Å².